The van der Waals surface area contributed by atoms with E-state index in [2.05, 4.69) is 36.6 Å². The Morgan fingerprint density at radius 3 is 2.81 bits per heavy atom. The molecule has 31 heavy (non-hydrogen) atoms. The van der Waals surface area contributed by atoms with Crippen LogP contribution < -0.4 is 5.32 Å². The molecule has 0 fully saturated rings. The number of aromatic nitrogens is 4. The van der Waals surface area contributed by atoms with E-state index in [0.29, 0.717) is 39.0 Å². The number of hydrogen-bond donors (Lipinski definition) is 1. The number of halogens is 3. The Kier molecular flexibility index (Phi) is 6.36. The Hall–Kier alpha value is -2.36. The van der Waals surface area contributed by atoms with Crippen LogP contribution in [0.1, 0.15) is 30.2 Å². The summed E-state index contributed by atoms with van der Waals surface area (Å²) < 4.78 is 4.15. The maximum atomic E-state index is 12.7. The zero-order valence-corrected chi connectivity index (χ0v) is 19.9. The van der Waals surface area contributed by atoms with E-state index in [9.17, 15) is 4.79 Å². The van der Waals surface area contributed by atoms with Gasteiger partial charge in [-0.1, -0.05) is 34.4 Å². The van der Waals surface area contributed by atoms with Gasteiger partial charge in [0, 0.05) is 41.0 Å². The summed E-state index contributed by atoms with van der Waals surface area (Å²) in [4.78, 5) is 18.1. The summed E-state index contributed by atoms with van der Waals surface area (Å²) in [5.41, 5.74) is 3.31. The average molecular weight is 526 g/mol. The third-order valence-corrected chi connectivity index (χ3v) is 6.02. The lowest BCUT2D eigenvalue weighted by molar-refractivity contribution is -0.125. The molecule has 0 spiro atoms. The number of aryl methyl sites for hydroxylation is 2. The van der Waals surface area contributed by atoms with Gasteiger partial charge in [0.1, 0.15) is 0 Å². The Morgan fingerprint density at radius 2 is 2.10 bits per heavy atom. The minimum Gasteiger partial charge on any atom is -0.382 e. The predicted octanol–water partition coefficient (Wildman–Crippen LogP) is 4.66. The van der Waals surface area contributed by atoms with Crippen LogP contribution in [0.5, 0.6) is 0 Å². The molecule has 0 aliphatic carbocycles. The molecular formula is C20H19BrCl2N6O2. The lowest BCUT2D eigenvalue weighted by Crippen LogP contribution is -2.28. The van der Waals surface area contributed by atoms with E-state index in [-0.39, 0.29) is 5.91 Å². The Morgan fingerprint density at radius 1 is 1.29 bits per heavy atom. The summed E-state index contributed by atoms with van der Waals surface area (Å²) in [6.45, 7) is 5.11. The lowest BCUT2D eigenvalue weighted by atomic mass is 10.1. The van der Waals surface area contributed by atoms with Crippen LogP contribution in [0, 0.1) is 6.92 Å². The summed E-state index contributed by atoms with van der Waals surface area (Å²) in [5.74, 6) is 0.0666. The van der Waals surface area contributed by atoms with Crippen molar-refractivity contribution in [1.29, 1.82) is 0 Å². The minimum atomic E-state index is -0.734. The van der Waals surface area contributed by atoms with Crippen LogP contribution in [-0.2, 0) is 22.7 Å². The second-order valence-electron chi connectivity index (χ2n) is 7.07. The van der Waals surface area contributed by atoms with Gasteiger partial charge in [-0.05, 0) is 47.5 Å². The number of rotatable bonds is 6. The molecule has 1 amide bonds. The first kappa shape index (κ1) is 21.9. The molecular weight excluding hydrogens is 507 g/mol. The van der Waals surface area contributed by atoms with Gasteiger partial charge in [0.15, 0.2) is 5.82 Å². The van der Waals surface area contributed by atoms with E-state index in [4.69, 9.17) is 28.0 Å². The second kappa shape index (κ2) is 9.02. The van der Waals surface area contributed by atoms with Crippen LogP contribution in [0.3, 0.4) is 0 Å². The van der Waals surface area contributed by atoms with Crippen molar-refractivity contribution in [2.75, 3.05) is 5.32 Å². The fraction of sp³-hybridized carbons (Fsp3) is 0.300. The number of amides is 1. The monoisotopic (exact) mass is 524 g/mol. The molecule has 0 saturated carbocycles. The molecule has 3 aromatic rings. The Balaban J connectivity index is 1.41. The highest BCUT2D eigenvalue weighted by Crippen LogP contribution is 2.26. The van der Waals surface area contributed by atoms with Crippen molar-refractivity contribution in [2.45, 2.75) is 39.5 Å². The second-order valence-corrected chi connectivity index (χ2v) is 8.77. The summed E-state index contributed by atoms with van der Waals surface area (Å²) in [6.07, 6.45) is 3.31. The standard InChI is InChI=1S/C20H19BrCl2N6O2/c1-3-28-9-14(11(2)25-28)17-7-18(31-27-17)20(30)24-19-15(21)10-29(26-19)8-12-4-5-13(22)6-16(12)23/h4-6,9-10,18H,3,7-8H2,1-2H3,(H,24,26,30). The van der Waals surface area contributed by atoms with Gasteiger partial charge in [0.2, 0.25) is 6.10 Å². The predicted molar refractivity (Wildman–Crippen MR) is 123 cm³/mol. The minimum absolute atomic E-state index is 0.324. The van der Waals surface area contributed by atoms with E-state index in [1.54, 1.807) is 23.0 Å². The van der Waals surface area contributed by atoms with Gasteiger partial charge < -0.3 is 10.2 Å². The fourth-order valence-electron chi connectivity index (χ4n) is 3.22. The molecule has 8 nitrogen and oxygen atoms in total. The molecule has 0 radical (unpaired) electrons. The van der Waals surface area contributed by atoms with Gasteiger partial charge in [-0.25, -0.2) is 0 Å². The molecule has 3 heterocycles. The molecule has 1 aliphatic heterocycles. The van der Waals surface area contributed by atoms with Crippen molar-refractivity contribution in [1.82, 2.24) is 19.6 Å². The van der Waals surface area contributed by atoms with Gasteiger partial charge in [-0.2, -0.15) is 10.2 Å². The number of carbonyl (C=O) groups is 1. The summed E-state index contributed by atoms with van der Waals surface area (Å²) in [7, 11) is 0. The van der Waals surface area contributed by atoms with E-state index >= 15 is 0 Å². The Bertz CT molecular complexity index is 1170. The zero-order chi connectivity index (χ0) is 22.1. The normalized spacial score (nSPS) is 15.6. The highest BCUT2D eigenvalue weighted by atomic mass is 79.9. The SMILES string of the molecule is CCn1cc(C2=NOC(C(=O)Nc3nn(Cc4ccc(Cl)cc4Cl)cc3Br)C2)c(C)n1. The molecule has 4 rings (SSSR count). The van der Waals surface area contributed by atoms with Crippen molar-refractivity contribution >= 4 is 56.6 Å². The van der Waals surface area contributed by atoms with Gasteiger partial charge in [0.05, 0.1) is 22.4 Å². The first-order valence-electron chi connectivity index (χ1n) is 9.59. The maximum absolute atomic E-state index is 12.7. The Labute approximate surface area is 197 Å². The van der Waals surface area contributed by atoms with Crippen LogP contribution in [0.15, 0.2) is 40.2 Å². The number of carbonyl (C=O) groups excluding carboxylic acids is 1. The van der Waals surface area contributed by atoms with Crippen LogP contribution in [0.2, 0.25) is 10.0 Å². The molecule has 2 aromatic heterocycles. The molecule has 11 heteroatoms. The van der Waals surface area contributed by atoms with Crippen molar-refractivity contribution in [3.05, 3.63) is 61.9 Å². The van der Waals surface area contributed by atoms with Crippen LogP contribution in [0.25, 0.3) is 0 Å². The summed E-state index contributed by atoms with van der Waals surface area (Å²) in [6, 6.07) is 5.29. The number of oxime groups is 1. The first-order chi connectivity index (χ1) is 14.8. The van der Waals surface area contributed by atoms with E-state index in [1.165, 1.54) is 0 Å². The summed E-state index contributed by atoms with van der Waals surface area (Å²) in [5, 5.41) is 16.9. The molecule has 1 aliphatic rings. The van der Waals surface area contributed by atoms with E-state index in [0.717, 1.165) is 23.4 Å². The topological polar surface area (TPSA) is 86.3 Å². The molecule has 0 saturated heterocycles. The quantitative estimate of drug-likeness (QED) is 0.507. The number of nitrogens with one attached hydrogen (secondary N) is 1. The number of nitrogens with zero attached hydrogens (tertiary/aromatic N) is 5. The van der Waals surface area contributed by atoms with Gasteiger partial charge in [0.25, 0.3) is 5.91 Å². The van der Waals surface area contributed by atoms with Crippen LogP contribution in [0.4, 0.5) is 5.82 Å². The molecule has 162 valence electrons. The van der Waals surface area contributed by atoms with Crippen molar-refractivity contribution in [2.24, 2.45) is 5.16 Å². The largest absolute Gasteiger partial charge is 0.382 e. The van der Waals surface area contributed by atoms with Crippen LogP contribution >= 0.6 is 39.1 Å². The average Bonchev–Trinajstić information content (AvgIpc) is 3.43. The number of anilines is 1. The smallest absolute Gasteiger partial charge is 0.269 e. The fourth-order valence-corrected chi connectivity index (χ4v) is 4.11. The van der Waals surface area contributed by atoms with Crippen molar-refractivity contribution in [3.63, 3.8) is 0 Å². The number of benzene rings is 1. The highest BCUT2D eigenvalue weighted by Gasteiger charge is 2.31. The molecule has 1 unspecified atom stereocenters. The van der Waals surface area contributed by atoms with Gasteiger partial charge in [-0.3, -0.25) is 14.2 Å². The van der Waals surface area contributed by atoms with Gasteiger partial charge in [-0.15, -0.1) is 0 Å². The summed E-state index contributed by atoms with van der Waals surface area (Å²) >= 11 is 15.6. The molecule has 1 N–H and O–H groups in total. The van der Waals surface area contributed by atoms with Crippen molar-refractivity contribution in [3.8, 4) is 0 Å². The van der Waals surface area contributed by atoms with Crippen LogP contribution in [-0.4, -0.2) is 37.3 Å². The van der Waals surface area contributed by atoms with E-state index < -0.39 is 6.10 Å². The third kappa shape index (κ3) is 4.78. The third-order valence-electron chi connectivity index (χ3n) is 4.85. The molecule has 1 atom stereocenters. The zero-order valence-electron chi connectivity index (χ0n) is 16.8. The lowest BCUT2D eigenvalue weighted by Gasteiger charge is -2.08. The maximum Gasteiger partial charge on any atom is 0.269 e. The van der Waals surface area contributed by atoms with E-state index in [1.807, 2.05) is 30.8 Å². The number of hydrogen-bond acceptors (Lipinski definition) is 5. The van der Waals surface area contributed by atoms with Gasteiger partial charge >= 0.3 is 0 Å². The van der Waals surface area contributed by atoms with Crippen molar-refractivity contribution < 1.29 is 9.63 Å². The highest BCUT2D eigenvalue weighted by molar-refractivity contribution is 9.10. The molecule has 0 bridgehead atoms. The molecule has 1 aromatic carbocycles. The first-order valence-corrected chi connectivity index (χ1v) is 11.1.